The molecule has 0 aromatic carbocycles. The maximum Gasteiger partial charge on any atom is 0.230 e. The third-order valence-corrected chi connectivity index (χ3v) is 3.65. The van der Waals surface area contributed by atoms with Crippen molar-refractivity contribution in [1.29, 1.82) is 0 Å². The van der Waals surface area contributed by atoms with E-state index >= 15 is 0 Å². The summed E-state index contributed by atoms with van der Waals surface area (Å²) >= 11 is 1.51. The normalized spacial score (nSPS) is 26.5. The van der Waals surface area contributed by atoms with Crippen LogP contribution < -0.4 is 5.32 Å². The van der Waals surface area contributed by atoms with Gasteiger partial charge >= 0.3 is 0 Å². The predicted molar refractivity (Wildman–Crippen MR) is 56.4 cm³/mol. The van der Waals surface area contributed by atoms with E-state index in [9.17, 15) is 9.59 Å². The number of thiazole rings is 1. The van der Waals surface area contributed by atoms with Gasteiger partial charge in [0.15, 0.2) is 0 Å². The predicted octanol–water partition coefficient (Wildman–Crippen LogP) is 1.30. The first-order chi connectivity index (χ1) is 7.22. The van der Waals surface area contributed by atoms with Crippen molar-refractivity contribution in [3.05, 3.63) is 16.6 Å². The van der Waals surface area contributed by atoms with E-state index in [1.54, 1.807) is 11.7 Å². The molecule has 1 fully saturated rings. The Bertz CT molecular complexity index is 375. The Morgan fingerprint density at radius 2 is 2.40 bits per heavy atom. The molecule has 1 aliphatic heterocycles. The molecule has 0 aliphatic carbocycles. The fourth-order valence-electron chi connectivity index (χ4n) is 1.98. The fraction of sp³-hybridized carbons (Fsp3) is 0.500. The molecular weight excluding hydrogens is 212 g/mol. The van der Waals surface area contributed by atoms with Crippen LogP contribution in [-0.2, 0) is 9.59 Å². The third kappa shape index (κ3) is 1.92. The highest BCUT2D eigenvalue weighted by Crippen LogP contribution is 2.34. The topological polar surface area (TPSA) is 59.1 Å². The zero-order valence-electron chi connectivity index (χ0n) is 8.40. The van der Waals surface area contributed by atoms with E-state index in [0.717, 1.165) is 11.3 Å². The molecule has 0 saturated carbocycles. The molecule has 5 heteroatoms. The molecule has 2 unspecified atom stereocenters. The first kappa shape index (κ1) is 10.3. The lowest BCUT2D eigenvalue weighted by Gasteiger charge is -2.28. The van der Waals surface area contributed by atoms with Gasteiger partial charge in [-0.3, -0.25) is 19.9 Å². The van der Waals surface area contributed by atoms with Gasteiger partial charge in [0, 0.05) is 29.3 Å². The lowest BCUT2D eigenvalue weighted by Crippen LogP contribution is -2.44. The van der Waals surface area contributed by atoms with Gasteiger partial charge in [0.1, 0.15) is 0 Å². The van der Waals surface area contributed by atoms with Gasteiger partial charge in [-0.05, 0) is 6.42 Å². The molecule has 1 aliphatic rings. The zero-order chi connectivity index (χ0) is 10.8. The van der Waals surface area contributed by atoms with Gasteiger partial charge in [0.05, 0.1) is 5.51 Å². The number of hydrogen-bond acceptors (Lipinski definition) is 4. The van der Waals surface area contributed by atoms with E-state index in [2.05, 4.69) is 10.3 Å². The molecule has 15 heavy (non-hydrogen) atoms. The Labute approximate surface area is 91.7 Å². The highest BCUT2D eigenvalue weighted by atomic mass is 32.1. The minimum Gasteiger partial charge on any atom is -0.296 e. The van der Waals surface area contributed by atoms with E-state index in [0.29, 0.717) is 6.42 Å². The van der Waals surface area contributed by atoms with Gasteiger partial charge in [-0.2, -0.15) is 0 Å². The Kier molecular flexibility index (Phi) is 2.81. The standard InChI is InChI=1S/C10H12N2O2S/c1-2-6-7(8-4-11-5-15-8)3-9(13)12-10(6)14/h4-7H,2-3H2,1H3,(H,12,13,14). The average molecular weight is 224 g/mol. The number of aromatic nitrogens is 1. The minimum atomic E-state index is -0.178. The van der Waals surface area contributed by atoms with E-state index < -0.39 is 0 Å². The molecule has 2 heterocycles. The molecule has 1 saturated heterocycles. The van der Waals surface area contributed by atoms with Gasteiger partial charge in [-0.25, -0.2) is 0 Å². The SMILES string of the molecule is CCC1C(=O)NC(=O)CC1c1cncs1. The van der Waals surface area contributed by atoms with Crippen molar-refractivity contribution in [2.45, 2.75) is 25.7 Å². The first-order valence-corrected chi connectivity index (χ1v) is 5.82. The second kappa shape index (κ2) is 4.10. The summed E-state index contributed by atoms with van der Waals surface area (Å²) in [4.78, 5) is 27.9. The molecule has 2 amide bonds. The Morgan fingerprint density at radius 1 is 1.60 bits per heavy atom. The van der Waals surface area contributed by atoms with Gasteiger partial charge in [0.2, 0.25) is 11.8 Å². The lowest BCUT2D eigenvalue weighted by molar-refractivity contribution is -0.137. The Balaban J connectivity index is 2.27. The third-order valence-electron chi connectivity index (χ3n) is 2.75. The van der Waals surface area contributed by atoms with Gasteiger partial charge < -0.3 is 0 Å². The number of hydrogen-bond donors (Lipinski definition) is 1. The van der Waals surface area contributed by atoms with Crippen LogP contribution in [0.2, 0.25) is 0 Å². The zero-order valence-corrected chi connectivity index (χ0v) is 9.21. The highest BCUT2D eigenvalue weighted by molar-refractivity contribution is 7.09. The van der Waals surface area contributed by atoms with Gasteiger partial charge in [-0.1, -0.05) is 6.92 Å². The summed E-state index contributed by atoms with van der Waals surface area (Å²) < 4.78 is 0. The van der Waals surface area contributed by atoms with E-state index in [1.165, 1.54) is 11.3 Å². The molecule has 2 rings (SSSR count). The summed E-state index contributed by atoms with van der Waals surface area (Å²) in [5.74, 6) is -0.401. The fourth-order valence-corrected chi connectivity index (χ4v) is 2.77. The van der Waals surface area contributed by atoms with Crippen LogP contribution in [0.5, 0.6) is 0 Å². The molecule has 1 aromatic heterocycles. The number of piperidine rings is 1. The minimum absolute atomic E-state index is 0.0174. The number of rotatable bonds is 2. The van der Waals surface area contributed by atoms with Crippen molar-refractivity contribution < 1.29 is 9.59 Å². The van der Waals surface area contributed by atoms with E-state index in [-0.39, 0.29) is 23.7 Å². The molecule has 0 radical (unpaired) electrons. The Morgan fingerprint density at radius 3 is 3.00 bits per heavy atom. The summed E-state index contributed by atoms with van der Waals surface area (Å²) in [7, 11) is 0. The molecule has 80 valence electrons. The van der Waals surface area contributed by atoms with Gasteiger partial charge in [-0.15, -0.1) is 11.3 Å². The number of carbonyl (C=O) groups excluding carboxylic acids is 2. The largest absolute Gasteiger partial charge is 0.296 e. The van der Waals surface area contributed by atoms with E-state index in [1.807, 2.05) is 6.92 Å². The number of carbonyl (C=O) groups is 2. The van der Waals surface area contributed by atoms with Crippen molar-refractivity contribution in [1.82, 2.24) is 10.3 Å². The lowest BCUT2D eigenvalue weighted by atomic mass is 9.83. The summed E-state index contributed by atoms with van der Waals surface area (Å²) in [6, 6.07) is 0. The monoisotopic (exact) mass is 224 g/mol. The van der Waals surface area contributed by atoms with Crippen LogP contribution in [0.1, 0.15) is 30.6 Å². The van der Waals surface area contributed by atoms with E-state index in [4.69, 9.17) is 0 Å². The maximum atomic E-state index is 11.6. The Hall–Kier alpha value is -1.23. The average Bonchev–Trinajstić information content (AvgIpc) is 2.69. The number of nitrogens with one attached hydrogen (secondary N) is 1. The van der Waals surface area contributed by atoms with Crippen LogP contribution >= 0.6 is 11.3 Å². The summed E-state index contributed by atoms with van der Waals surface area (Å²) in [6.45, 7) is 1.97. The molecule has 0 spiro atoms. The van der Waals surface area contributed by atoms with Crippen molar-refractivity contribution in [3.8, 4) is 0 Å². The highest BCUT2D eigenvalue weighted by Gasteiger charge is 2.36. The van der Waals surface area contributed by atoms with Crippen LogP contribution in [0.25, 0.3) is 0 Å². The molecular formula is C10H12N2O2S. The molecule has 4 nitrogen and oxygen atoms in total. The molecule has 2 atom stereocenters. The van der Waals surface area contributed by atoms with Gasteiger partial charge in [0.25, 0.3) is 0 Å². The van der Waals surface area contributed by atoms with Crippen molar-refractivity contribution in [2.75, 3.05) is 0 Å². The number of nitrogens with zero attached hydrogens (tertiary/aromatic N) is 1. The molecule has 1 N–H and O–H groups in total. The number of imide groups is 1. The van der Waals surface area contributed by atoms with Crippen LogP contribution in [0, 0.1) is 5.92 Å². The summed E-state index contributed by atoms with van der Waals surface area (Å²) in [5.41, 5.74) is 1.74. The summed E-state index contributed by atoms with van der Waals surface area (Å²) in [5, 5.41) is 2.38. The second-order valence-corrected chi connectivity index (χ2v) is 4.56. The molecule has 1 aromatic rings. The summed E-state index contributed by atoms with van der Waals surface area (Å²) in [6.07, 6.45) is 2.90. The smallest absolute Gasteiger partial charge is 0.230 e. The second-order valence-electron chi connectivity index (χ2n) is 3.64. The first-order valence-electron chi connectivity index (χ1n) is 4.94. The van der Waals surface area contributed by atoms with Crippen molar-refractivity contribution >= 4 is 23.2 Å². The number of amides is 2. The molecule has 0 bridgehead atoms. The van der Waals surface area contributed by atoms with Crippen LogP contribution in [-0.4, -0.2) is 16.8 Å². The van der Waals surface area contributed by atoms with Crippen LogP contribution in [0.4, 0.5) is 0 Å². The van der Waals surface area contributed by atoms with Crippen molar-refractivity contribution in [3.63, 3.8) is 0 Å². The maximum absolute atomic E-state index is 11.6. The van der Waals surface area contributed by atoms with Crippen LogP contribution in [0.3, 0.4) is 0 Å². The van der Waals surface area contributed by atoms with Crippen molar-refractivity contribution in [2.24, 2.45) is 5.92 Å². The quantitative estimate of drug-likeness (QED) is 0.770. The van der Waals surface area contributed by atoms with Crippen LogP contribution in [0.15, 0.2) is 11.7 Å².